The Morgan fingerprint density at radius 3 is 1.81 bits per heavy atom. The molecule has 3 unspecified atom stereocenters. The Morgan fingerprint density at radius 2 is 1.38 bits per heavy atom. The summed E-state index contributed by atoms with van der Waals surface area (Å²) in [5, 5.41) is 5.57. The zero-order valence-corrected chi connectivity index (χ0v) is 21.6. The van der Waals surface area contributed by atoms with Gasteiger partial charge in [-0.15, -0.1) is 0 Å². The van der Waals surface area contributed by atoms with Gasteiger partial charge in [-0.05, 0) is 54.9 Å². The summed E-state index contributed by atoms with van der Waals surface area (Å²) in [6.45, 7) is 14.7. The van der Waals surface area contributed by atoms with Crippen molar-refractivity contribution in [2.24, 2.45) is 5.92 Å². The third-order valence-electron chi connectivity index (χ3n) is 6.35. The Bertz CT molecular complexity index is 847. The van der Waals surface area contributed by atoms with Crippen molar-refractivity contribution in [2.45, 2.75) is 84.1 Å². The summed E-state index contributed by atoms with van der Waals surface area (Å²) in [7, 11) is -2.68. The van der Waals surface area contributed by atoms with Gasteiger partial charge < -0.3 is 14.5 Å². The maximum atomic E-state index is 12.6. The van der Waals surface area contributed by atoms with Crippen molar-refractivity contribution < 1.29 is 14.0 Å². The molecule has 0 bridgehead atoms. The van der Waals surface area contributed by atoms with Crippen LogP contribution in [-0.4, -0.2) is 32.2 Å². The van der Waals surface area contributed by atoms with Gasteiger partial charge in [0.2, 0.25) is 0 Å². The minimum atomic E-state index is -2.68. The number of alkyl carbamates (subject to hydrolysis) is 1. The van der Waals surface area contributed by atoms with E-state index in [1.807, 2.05) is 20.8 Å². The predicted octanol–water partition coefficient (Wildman–Crippen LogP) is 5.25. The van der Waals surface area contributed by atoms with Crippen LogP contribution in [0.2, 0.25) is 5.04 Å². The van der Waals surface area contributed by atoms with Crippen LogP contribution in [0, 0.1) is 5.92 Å². The molecule has 2 aromatic carbocycles. The van der Waals surface area contributed by atoms with Crippen molar-refractivity contribution >= 4 is 24.8 Å². The van der Waals surface area contributed by atoms with E-state index in [-0.39, 0.29) is 23.3 Å². The van der Waals surface area contributed by atoms with Crippen molar-refractivity contribution in [3.8, 4) is 0 Å². The van der Waals surface area contributed by atoms with Crippen LogP contribution in [0.25, 0.3) is 0 Å². The summed E-state index contributed by atoms with van der Waals surface area (Å²) in [4.78, 5) is 12.6. The van der Waals surface area contributed by atoms with Crippen LogP contribution in [-0.2, 0) is 9.16 Å². The summed E-state index contributed by atoms with van der Waals surface area (Å²) >= 11 is 0. The Kier molecular flexibility index (Phi) is 7.20. The van der Waals surface area contributed by atoms with Gasteiger partial charge in [-0.3, -0.25) is 0 Å². The van der Waals surface area contributed by atoms with Gasteiger partial charge in [-0.1, -0.05) is 88.4 Å². The molecule has 32 heavy (non-hydrogen) atoms. The standard InChI is InChI=1S/C27H39NO3Si/c1-20-18-19-23(24(20)28-25(29)30-26(2,3)4)31-32(27(5,6)7,21-14-10-8-11-15-21)22-16-12-9-13-17-22/h8-17,20,23-24H,18-19H2,1-7H3,(H,28,29). The van der Waals surface area contributed by atoms with Crippen molar-refractivity contribution in [3.63, 3.8) is 0 Å². The van der Waals surface area contributed by atoms with Crippen LogP contribution < -0.4 is 15.7 Å². The molecule has 0 radical (unpaired) electrons. The van der Waals surface area contributed by atoms with Gasteiger partial charge >= 0.3 is 6.09 Å². The van der Waals surface area contributed by atoms with E-state index in [2.05, 4.69) is 93.7 Å². The second-order valence-electron chi connectivity index (χ2n) is 11.0. The molecule has 1 saturated carbocycles. The lowest BCUT2D eigenvalue weighted by Gasteiger charge is -2.45. The highest BCUT2D eigenvalue weighted by molar-refractivity contribution is 6.99. The maximum absolute atomic E-state index is 12.6. The Balaban J connectivity index is 2.02. The van der Waals surface area contributed by atoms with Gasteiger partial charge in [0.1, 0.15) is 5.60 Å². The molecule has 1 aliphatic rings. The monoisotopic (exact) mass is 453 g/mol. The van der Waals surface area contributed by atoms with Crippen LogP contribution in [0.5, 0.6) is 0 Å². The number of carbonyl (C=O) groups excluding carboxylic acids is 1. The van der Waals surface area contributed by atoms with Gasteiger partial charge in [0.25, 0.3) is 8.32 Å². The van der Waals surface area contributed by atoms with E-state index in [1.54, 1.807) is 0 Å². The van der Waals surface area contributed by atoms with Gasteiger partial charge in [0, 0.05) is 0 Å². The molecular formula is C27H39NO3Si. The average Bonchev–Trinajstić information content (AvgIpc) is 3.04. The normalized spacial score (nSPS) is 21.9. The largest absolute Gasteiger partial charge is 0.444 e. The lowest BCUT2D eigenvalue weighted by Crippen LogP contribution is -2.68. The number of nitrogens with one attached hydrogen (secondary N) is 1. The van der Waals surface area contributed by atoms with Gasteiger partial charge in [0.05, 0.1) is 12.1 Å². The molecule has 5 heteroatoms. The van der Waals surface area contributed by atoms with E-state index < -0.39 is 13.9 Å². The molecule has 3 atom stereocenters. The summed E-state index contributed by atoms with van der Waals surface area (Å²) in [6.07, 6.45) is 1.51. The number of carbonyl (C=O) groups is 1. The van der Waals surface area contributed by atoms with Crippen LogP contribution in [0.1, 0.15) is 61.3 Å². The van der Waals surface area contributed by atoms with Gasteiger partial charge in [-0.2, -0.15) is 0 Å². The van der Waals surface area contributed by atoms with Crippen LogP contribution in [0.15, 0.2) is 60.7 Å². The summed E-state index contributed by atoms with van der Waals surface area (Å²) in [5.41, 5.74) is -0.528. The molecule has 1 amide bonds. The first-order chi connectivity index (χ1) is 14.9. The fourth-order valence-electron chi connectivity index (χ4n) is 4.88. The van der Waals surface area contributed by atoms with Crippen molar-refractivity contribution in [1.29, 1.82) is 0 Å². The van der Waals surface area contributed by atoms with Crippen molar-refractivity contribution in [1.82, 2.24) is 5.32 Å². The first-order valence-corrected chi connectivity index (χ1v) is 13.6. The first-order valence-electron chi connectivity index (χ1n) is 11.7. The Morgan fingerprint density at radius 1 is 0.875 bits per heavy atom. The SMILES string of the molecule is CC1CCC(O[Si](c2ccccc2)(c2ccccc2)C(C)(C)C)C1NC(=O)OC(C)(C)C. The number of hydrogen-bond acceptors (Lipinski definition) is 3. The number of hydrogen-bond donors (Lipinski definition) is 1. The zero-order valence-electron chi connectivity index (χ0n) is 20.6. The molecule has 0 aromatic heterocycles. The highest BCUT2D eigenvalue weighted by Gasteiger charge is 2.53. The summed E-state index contributed by atoms with van der Waals surface area (Å²) < 4.78 is 12.9. The van der Waals surface area contributed by atoms with E-state index >= 15 is 0 Å². The number of ether oxygens (including phenoxy) is 1. The average molecular weight is 454 g/mol. The second-order valence-corrected chi connectivity index (χ2v) is 15.3. The number of amides is 1. The topological polar surface area (TPSA) is 47.6 Å². The van der Waals surface area contributed by atoms with Crippen LogP contribution in [0.3, 0.4) is 0 Å². The smallest absolute Gasteiger partial charge is 0.407 e. The predicted molar refractivity (Wildman–Crippen MR) is 134 cm³/mol. The molecule has 3 rings (SSSR count). The first kappa shape index (κ1) is 24.5. The summed E-state index contributed by atoms with van der Waals surface area (Å²) in [5.74, 6) is 0.325. The maximum Gasteiger partial charge on any atom is 0.407 e. The Hall–Kier alpha value is -2.11. The number of rotatable bonds is 5. The molecule has 1 fully saturated rings. The molecule has 1 N–H and O–H groups in total. The van der Waals surface area contributed by atoms with E-state index in [4.69, 9.17) is 9.16 Å². The molecule has 0 aliphatic heterocycles. The third kappa shape index (κ3) is 5.26. The Labute approximate surface area is 194 Å². The fraction of sp³-hybridized carbons (Fsp3) is 0.519. The summed E-state index contributed by atoms with van der Waals surface area (Å²) in [6, 6.07) is 21.3. The molecule has 0 saturated heterocycles. The highest BCUT2D eigenvalue weighted by atomic mass is 28.4. The third-order valence-corrected chi connectivity index (χ3v) is 11.4. The van der Waals surface area contributed by atoms with Crippen LogP contribution in [0.4, 0.5) is 4.79 Å². The lowest BCUT2D eigenvalue weighted by atomic mass is 10.1. The zero-order chi connectivity index (χ0) is 23.6. The molecular weight excluding hydrogens is 414 g/mol. The molecule has 0 spiro atoms. The van der Waals surface area contributed by atoms with Gasteiger partial charge in [-0.25, -0.2) is 4.79 Å². The van der Waals surface area contributed by atoms with Gasteiger partial charge in [0.15, 0.2) is 0 Å². The number of benzene rings is 2. The van der Waals surface area contributed by atoms with Crippen molar-refractivity contribution in [2.75, 3.05) is 0 Å². The quantitative estimate of drug-likeness (QED) is 0.629. The van der Waals surface area contributed by atoms with E-state index in [9.17, 15) is 4.79 Å². The fourth-order valence-corrected chi connectivity index (χ4v) is 9.62. The minimum Gasteiger partial charge on any atom is -0.444 e. The molecule has 1 aliphatic carbocycles. The van der Waals surface area contributed by atoms with E-state index in [0.29, 0.717) is 5.92 Å². The molecule has 4 nitrogen and oxygen atoms in total. The molecule has 2 aromatic rings. The van der Waals surface area contributed by atoms with Crippen LogP contribution >= 0.6 is 0 Å². The molecule has 0 heterocycles. The minimum absolute atomic E-state index is 0.0659. The van der Waals surface area contributed by atoms with E-state index in [1.165, 1.54) is 10.4 Å². The second kappa shape index (κ2) is 9.40. The highest BCUT2D eigenvalue weighted by Crippen LogP contribution is 2.40. The van der Waals surface area contributed by atoms with E-state index in [0.717, 1.165) is 12.8 Å². The molecule has 174 valence electrons. The van der Waals surface area contributed by atoms with Crippen molar-refractivity contribution in [3.05, 3.63) is 60.7 Å². The lowest BCUT2D eigenvalue weighted by molar-refractivity contribution is 0.0440.